The van der Waals surface area contributed by atoms with E-state index in [0.29, 0.717) is 25.1 Å². The van der Waals surface area contributed by atoms with Gasteiger partial charge in [0.15, 0.2) is 6.17 Å². The van der Waals surface area contributed by atoms with Crippen LogP contribution in [0.4, 0.5) is 16.2 Å². The standard InChI is InChI=1S/C26H29N5O8/c1-16-5-2-7-18(13-16)27-26(36)30-11-10-29(25(35)21-9-4-12-39-21)24(30)23(34)28-20(15-22(32)33)17-6-3-8-19(14-17)31(37)38/h2-3,5-8,13-14,20-21,24H,4,9-12,15H2,1H3,(H,27,36)(H,28,34)(H,32,33). The van der Waals surface area contributed by atoms with E-state index in [1.807, 2.05) is 13.0 Å². The Kier molecular flexibility index (Phi) is 8.39. The summed E-state index contributed by atoms with van der Waals surface area (Å²) in [7, 11) is 0. The number of nitro benzene ring substituents is 1. The molecule has 2 fully saturated rings. The second-order valence-electron chi connectivity index (χ2n) is 9.41. The predicted octanol–water partition coefficient (Wildman–Crippen LogP) is 2.42. The van der Waals surface area contributed by atoms with Gasteiger partial charge in [-0.05, 0) is 43.0 Å². The number of nitrogens with zero attached hydrogens (tertiary/aromatic N) is 3. The van der Waals surface area contributed by atoms with Crippen LogP contribution in [0.3, 0.4) is 0 Å². The van der Waals surface area contributed by atoms with Crippen LogP contribution in [-0.2, 0) is 19.1 Å². The Hall–Kier alpha value is -4.52. The number of nitro groups is 1. The average Bonchev–Trinajstić information content (AvgIpc) is 3.58. The van der Waals surface area contributed by atoms with E-state index in [9.17, 15) is 34.4 Å². The molecule has 2 aromatic carbocycles. The third-order valence-electron chi connectivity index (χ3n) is 6.60. The van der Waals surface area contributed by atoms with Crippen molar-refractivity contribution in [2.45, 2.75) is 44.5 Å². The van der Waals surface area contributed by atoms with Gasteiger partial charge in [0, 0.05) is 37.5 Å². The Bertz CT molecular complexity index is 1280. The molecule has 2 aliphatic heterocycles. The molecule has 2 aromatic rings. The fraction of sp³-hybridized carbons (Fsp3) is 0.385. The summed E-state index contributed by atoms with van der Waals surface area (Å²) in [5.74, 6) is -2.49. The summed E-state index contributed by atoms with van der Waals surface area (Å²) >= 11 is 0. The predicted molar refractivity (Wildman–Crippen MR) is 138 cm³/mol. The number of nitrogens with one attached hydrogen (secondary N) is 2. The number of urea groups is 1. The van der Waals surface area contributed by atoms with Crippen molar-refractivity contribution in [1.82, 2.24) is 15.1 Å². The van der Waals surface area contributed by atoms with Crippen molar-refractivity contribution in [3.63, 3.8) is 0 Å². The number of carbonyl (C=O) groups is 4. The number of non-ortho nitro benzene ring substituents is 1. The van der Waals surface area contributed by atoms with Crippen molar-refractivity contribution >= 4 is 35.2 Å². The van der Waals surface area contributed by atoms with Crippen molar-refractivity contribution in [3.05, 3.63) is 69.8 Å². The highest BCUT2D eigenvalue weighted by Crippen LogP contribution is 2.26. The zero-order valence-electron chi connectivity index (χ0n) is 21.2. The molecule has 0 saturated carbocycles. The molecule has 0 bridgehead atoms. The van der Waals surface area contributed by atoms with Crippen LogP contribution in [0.2, 0.25) is 0 Å². The Balaban J connectivity index is 1.62. The number of anilines is 1. The zero-order chi connectivity index (χ0) is 28.1. The summed E-state index contributed by atoms with van der Waals surface area (Å²) in [6.45, 7) is 2.39. The highest BCUT2D eigenvalue weighted by atomic mass is 16.6. The highest BCUT2D eigenvalue weighted by molar-refractivity contribution is 5.97. The van der Waals surface area contributed by atoms with Crippen LogP contribution >= 0.6 is 0 Å². The molecule has 206 valence electrons. The fourth-order valence-corrected chi connectivity index (χ4v) is 4.76. The maximum absolute atomic E-state index is 13.7. The van der Waals surface area contributed by atoms with Gasteiger partial charge >= 0.3 is 12.0 Å². The minimum absolute atomic E-state index is 0.0502. The van der Waals surface area contributed by atoms with Crippen molar-refractivity contribution in [3.8, 4) is 0 Å². The number of carboxylic acid groups (broad SMARTS) is 1. The van der Waals surface area contributed by atoms with Crippen molar-refractivity contribution in [2.24, 2.45) is 0 Å². The van der Waals surface area contributed by atoms with E-state index in [-0.39, 0.29) is 24.3 Å². The number of aryl methyl sites for hydroxylation is 1. The smallest absolute Gasteiger partial charge is 0.323 e. The SMILES string of the molecule is Cc1cccc(NC(=O)N2CCN(C(=O)C3CCCO3)C2C(=O)NC(CC(=O)O)c2cccc([N+](=O)[O-])c2)c1. The highest BCUT2D eigenvalue weighted by Gasteiger charge is 2.45. The minimum Gasteiger partial charge on any atom is -0.481 e. The van der Waals surface area contributed by atoms with E-state index < -0.39 is 53.5 Å². The van der Waals surface area contributed by atoms with Gasteiger partial charge in [0.25, 0.3) is 17.5 Å². The monoisotopic (exact) mass is 539 g/mol. The fourth-order valence-electron chi connectivity index (χ4n) is 4.76. The van der Waals surface area contributed by atoms with E-state index in [0.717, 1.165) is 5.56 Å². The lowest BCUT2D eigenvalue weighted by Crippen LogP contribution is -2.56. The number of rotatable bonds is 8. The Morgan fingerprint density at radius 2 is 1.87 bits per heavy atom. The van der Waals surface area contributed by atoms with Crippen LogP contribution in [-0.4, -0.2) is 75.6 Å². The van der Waals surface area contributed by atoms with Gasteiger partial charge in [0.05, 0.1) is 17.4 Å². The lowest BCUT2D eigenvalue weighted by Gasteiger charge is -2.31. The molecule has 4 rings (SSSR count). The normalized spacial score (nSPS) is 19.4. The maximum atomic E-state index is 13.7. The summed E-state index contributed by atoms with van der Waals surface area (Å²) in [5, 5.41) is 26.1. The van der Waals surface area contributed by atoms with Crippen LogP contribution in [0.1, 0.15) is 36.4 Å². The molecule has 0 spiro atoms. The third-order valence-corrected chi connectivity index (χ3v) is 6.60. The Labute approximate surface area is 223 Å². The van der Waals surface area contributed by atoms with Gasteiger partial charge in [-0.1, -0.05) is 24.3 Å². The molecule has 0 aliphatic carbocycles. The summed E-state index contributed by atoms with van der Waals surface area (Å²) in [6, 6.07) is 10.6. The molecule has 0 aromatic heterocycles. The quantitative estimate of drug-likeness (QED) is 0.339. The molecular weight excluding hydrogens is 510 g/mol. The summed E-state index contributed by atoms with van der Waals surface area (Å²) < 4.78 is 5.51. The maximum Gasteiger partial charge on any atom is 0.323 e. The molecule has 13 nitrogen and oxygen atoms in total. The molecule has 13 heteroatoms. The van der Waals surface area contributed by atoms with Crippen LogP contribution in [0.15, 0.2) is 48.5 Å². The molecule has 39 heavy (non-hydrogen) atoms. The lowest BCUT2D eigenvalue weighted by molar-refractivity contribution is -0.384. The number of benzene rings is 2. The molecule has 3 N–H and O–H groups in total. The van der Waals surface area contributed by atoms with Crippen LogP contribution in [0.25, 0.3) is 0 Å². The van der Waals surface area contributed by atoms with Crippen molar-refractivity contribution in [2.75, 3.05) is 25.0 Å². The average molecular weight is 540 g/mol. The van der Waals surface area contributed by atoms with Crippen LogP contribution < -0.4 is 10.6 Å². The van der Waals surface area contributed by atoms with Gasteiger partial charge in [-0.3, -0.25) is 29.4 Å². The molecule has 0 radical (unpaired) electrons. The van der Waals surface area contributed by atoms with Gasteiger partial charge in [-0.2, -0.15) is 0 Å². The molecule has 3 atom stereocenters. The second kappa shape index (κ2) is 11.9. The Morgan fingerprint density at radius 3 is 2.54 bits per heavy atom. The lowest BCUT2D eigenvalue weighted by atomic mass is 10.0. The van der Waals surface area contributed by atoms with Gasteiger partial charge in [-0.25, -0.2) is 4.79 Å². The first-order chi connectivity index (χ1) is 18.6. The first-order valence-electron chi connectivity index (χ1n) is 12.5. The second-order valence-corrected chi connectivity index (χ2v) is 9.41. The zero-order valence-corrected chi connectivity index (χ0v) is 21.2. The van der Waals surface area contributed by atoms with Gasteiger partial charge in [-0.15, -0.1) is 0 Å². The largest absolute Gasteiger partial charge is 0.481 e. The van der Waals surface area contributed by atoms with E-state index >= 15 is 0 Å². The molecule has 3 unspecified atom stereocenters. The molecule has 4 amide bonds. The number of carbonyl (C=O) groups excluding carboxylic acids is 3. The molecule has 2 heterocycles. The number of aliphatic carboxylic acids is 1. The van der Waals surface area contributed by atoms with Crippen LogP contribution in [0, 0.1) is 17.0 Å². The topological polar surface area (TPSA) is 171 Å². The van der Waals surface area contributed by atoms with Crippen molar-refractivity contribution in [1.29, 1.82) is 0 Å². The first-order valence-corrected chi connectivity index (χ1v) is 12.5. The molecule has 2 saturated heterocycles. The van der Waals surface area contributed by atoms with Gasteiger partial charge in [0.1, 0.15) is 6.10 Å². The number of hydrogen-bond acceptors (Lipinski definition) is 7. The summed E-state index contributed by atoms with van der Waals surface area (Å²) in [6.07, 6.45) is -1.54. The first kappa shape index (κ1) is 27.5. The van der Waals surface area contributed by atoms with E-state index in [1.54, 1.807) is 18.2 Å². The number of ether oxygens (including phenoxy) is 1. The Morgan fingerprint density at radius 1 is 1.13 bits per heavy atom. The molecule has 2 aliphatic rings. The van der Waals surface area contributed by atoms with Crippen molar-refractivity contribution < 1.29 is 33.9 Å². The number of amides is 4. The van der Waals surface area contributed by atoms with E-state index in [1.165, 1.54) is 34.1 Å². The summed E-state index contributed by atoms with van der Waals surface area (Å²) in [4.78, 5) is 65.0. The van der Waals surface area contributed by atoms with Gasteiger partial charge < -0.3 is 25.4 Å². The molecular formula is C26H29N5O8. The van der Waals surface area contributed by atoms with Crippen LogP contribution in [0.5, 0.6) is 0 Å². The van der Waals surface area contributed by atoms with E-state index in [2.05, 4.69) is 10.6 Å². The third kappa shape index (κ3) is 6.49. The minimum atomic E-state index is -1.39. The number of hydrogen-bond donors (Lipinski definition) is 3. The number of carboxylic acids is 1. The van der Waals surface area contributed by atoms with Gasteiger partial charge in [0.2, 0.25) is 0 Å². The van der Waals surface area contributed by atoms with E-state index in [4.69, 9.17) is 4.74 Å². The summed E-state index contributed by atoms with van der Waals surface area (Å²) in [5.41, 5.74) is 1.34.